The van der Waals surface area contributed by atoms with Crippen molar-refractivity contribution in [1.82, 2.24) is 0 Å². The van der Waals surface area contributed by atoms with Gasteiger partial charge in [0, 0.05) is 54.3 Å². The number of benzene rings is 10. The maximum absolute atomic E-state index is 6.09. The molecule has 0 saturated carbocycles. The first-order valence-electron chi connectivity index (χ1n) is 25.5. The highest BCUT2D eigenvalue weighted by Crippen LogP contribution is 2.36. The van der Waals surface area contributed by atoms with Crippen LogP contribution in [0.5, 0.6) is 0 Å². The van der Waals surface area contributed by atoms with E-state index in [-0.39, 0.29) is 0 Å². The zero-order valence-corrected chi connectivity index (χ0v) is 48.6. The number of anilines is 7. The molecule has 0 unspecified atom stereocenters. The molecule has 0 aliphatic rings. The van der Waals surface area contributed by atoms with Gasteiger partial charge >= 0.3 is 0 Å². The van der Waals surface area contributed by atoms with Gasteiger partial charge in [0.15, 0.2) is 0 Å². The molecule has 76 heavy (non-hydrogen) atoms. The monoisotopic (exact) mass is 1100 g/mol. The fourth-order valence-electron chi connectivity index (χ4n) is 8.96. The lowest BCUT2D eigenvalue weighted by Crippen LogP contribution is -2.10. The summed E-state index contributed by atoms with van der Waals surface area (Å²) in [6.45, 7) is 21.3. The summed E-state index contributed by atoms with van der Waals surface area (Å²) in [4.78, 5) is 2.33. The van der Waals surface area contributed by atoms with Crippen molar-refractivity contribution < 1.29 is 0 Å². The molecule has 0 radical (unpaired) electrons. The Morgan fingerprint density at radius 1 is 0.276 bits per heavy atom. The molecule has 0 amide bonds. The highest BCUT2D eigenvalue weighted by molar-refractivity contribution is 9.10. The van der Waals surface area contributed by atoms with Crippen LogP contribution < -0.4 is 15.5 Å². The minimum atomic E-state index is 0.756. The van der Waals surface area contributed by atoms with Gasteiger partial charge in [-0.25, -0.2) is 0 Å². The van der Waals surface area contributed by atoms with E-state index in [4.69, 9.17) is 23.2 Å². The van der Waals surface area contributed by atoms with Gasteiger partial charge in [0.2, 0.25) is 0 Å². The molecule has 0 atom stereocenters. The van der Waals surface area contributed by atoms with E-state index in [1.807, 2.05) is 78.9 Å². The maximum Gasteiger partial charge on any atom is 0.0466 e. The Kier molecular flexibility index (Phi) is 22.2. The molecule has 6 heteroatoms. The average Bonchev–Trinajstić information content (AvgIpc) is 3.34. The summed E-state index contributed by atoms with van der Waals surface area (Å²) in [7, 11) is 0. The van der Waals surface area contributed by atoms with Gasteiger partial charge in [0.25, 0.3) is 0 Å². The van der Waals surface area contributed by atoms with Crippen LogP contribution >= 0.6 is 39.1 Å². The standard InChI is InChI=1S/C22H23N.C19H16ClN.C14H15N.C9H12.C6H4BrCl/c1-16-10-17(2)13-21(12-16)23(20-8-6-5-7-9-20)22-14-18(3)11-19(4)15-22;1-14-10-16(15-6-5-7-17(20)12-15)13-19(11-14)21-18-8-3-2-4-9-18;1-11-8-12(2)10-14(9-11)15-13-6-4-3-5-7-13;1-7-4-8(2)6-9(3)5-7;7-5-2-1-3-6(8)4-5/h5-15H,1-4H3;2-13,21H,1H3;3-10,15H,1-2H3;4-6H,1-3H3;1-4H. The Morgan fingerprint density at radius 2 is 0.618 bits per heavy atom. The van der Waals surface area contributed by atoms with Crippen LogP contribution in [0.4, 0.5) is 39.8 Å². The first-order valence-corrected chi connectivity index (χ1v) is 27.1. The second kappa shape index (κ2) is 29.1. The van der Waals surface area contributed by atoms with E-state index in [9.17, 15) is 0 Å². The van der Waals surface area contributed by atoms with Gasteiger partial charge in [0.1, 0.15) is 0 Å². The van der Waals surface area contributed by atoms with Crippen molar-refractivity contribution in [1.29, 1.82) is 0 Å². The Bertz CT molecular complexity index is 3230. The largest absolute Gasteiger partial charge is 0.356 e. The molecule has 386 valence electrons. The number of hydrogen-bond acceptors (Lipinski definition) is 3. The molecule has 0 fully saturated rings. The molecule has 0 bridgehead atoms. The normalized spacial score (nSPS) is 10.2. The second-order valence-corrected chi connectivity index (χ2v) is 21.2. The summed E-state index contributed by atoms with van der Waals surface area (Å²) in [5.41, 5.74) is 23.3. The number of halogens is 3. The van der Waals surface area contributed by atoms with Crippen molar-refractivity contribution in [3.05, 3.63) is 301 Å². The molecule has 10 aromatic rings. The fourth-order valence-corrected chi connectivity index (χ4v) is 9.87. The number of aryl methyl sites for hydroxylation is 10. The van der Waals surface area contributed by atoms with Crippen LogP contribution in [-0.4, -0.2) is 0 Å². The van der Waals surface area contributed by atoms with Crippen LogP contribution in [0.3, 0.4) is 0 Å². The minimum absolute atomic E-state index is 0.756. The third-order valence-electron chi connectivity index (χ3n) is 11.7. The highest BCUT2D eigenvalue weighted by Gasteiger charge is 2.14. The molecule has 3 nitrogen and oxygen atoms in total. The van der Waals surface area contributed by atoms with Gasteiger partial charge in [0.05, 0.1) is 0 Å². The van der Waals surface area contributed by atoms with Crippen molar-refractivity contribution in [2.75, 3.05) is 15.5 Å². The quantitative estimate of drug-likeness (QED) is 0.159. The molecule has 2 N–H and O–H groups in total. The first kappa shape index (κ1) is 57.9. The lowest BCUT2D eigenvalue weighted by molar-refractivity contribution is 1.23. The number of nitrogens with one attached hydrogen (secondary N) is 2. The molecule has 0 aromatic heterocycles. The van der Waals surface area contributed by atoms with Crippen molar-refractivity contribution in [3.63, 3.8) is 0 Å². The van der Waals surface area contributed by atoms with Gasteiger partial charge in [-0.15, -0.1) is 0 Å². The highest BCUT2D eigenvalue weighted by atomic mass is 79.9. The molecule has 0 saturated heterocycles. The molecular formula is C70H70BrCl2N3. The molecule has 0 heterocycles. The number of para-hydroxylation sites is 3. The average molecular weight is 1100 g/mol. The number of rotatable bonds is 8. The summed E-state index contributed by atoms with van der Waals surface area (Å²) in [6, 6.07) is 79.3. The zero-order chi connectivity index (χ0) is 54.6. The van der Waals surface area contributed by atoms with Gasteiger partial charge in [-0.2, -0.15) is 0 Å². The van der Waals surface area contributed by atoms with Gasteiger partial charge in [-0.3, -0.25) is 0 Å². The van der Waals surface area contributed by atoms with E-state index in [1.165, 1.54) is 72.7 Å². The smallest absolute Gasteiger partial charge is 0.0466 e. The molecule has 0 aliphatic carbocycles. The first-order chi connectivity index (χ1) is 36.4. The van der Waals surface area contributed by atoms with Crippen molar-refractivity contribution in [2.24, 2.45) is 0 Å². The number of nitrogens with zero attached hydrogens (tertiary/aromatic N) is 1. The Hall–Kier alpha value is -7.34. The van der Waals surface area contributed by atoms with Gasteiger partial charge in [-0.05, 0) is 235 Å². The van der Waals surface area contributed by atoms with E-state index in [1.54, 1.807) is 0 Å². The van der Waals surface area contributed by atoms with Crippen LogP contribution in [0, 0.1) is 69.2 Å². The minimum Gasteiger partial charge on any atom is -0.356 e. The SMILES string of the molecule is Cc1cc(C)cc(C)c1.Cc1cc(C)cc(N(c2ccccc2)c2cc(C)cc(C)c2)c1.Cc1cc(C)cc(Nc2ccccc2)c1.Cc1cc(Nc2ccccc2)cc(-c2cccc(Cl)c2)c1.Clc1cccc(Br)c1. The zero-order valence-electron chi connectivity index (χ0n) is 45.5. The van der Waals surface area contributed by atoms with Crippen LogP contribution in [0.25, 0.3) is 11.1 Å². The Balaban J connectivity index is 0.000000162. The molecule has 0 spiro atoms. The van der Waals surface area contributed by atoms with Gasteiger partial charge < -0.3 is 15.5 Å². The van der Waals surface area contributed by atoms with Crippen molar-refractivity contribution in [3.8, 4) is 11.1 Å². The van der Waals surface area contributed by atoms with Crippen LogP contribution in [0.15, 0.2) is 235 Å². The third kappa shape index (κ3) is 19.7. The molecule has 10 rings (SSSR count). The summed E-state index contributed by atoms with van der Waals surface area (Å²) < 4.78 is 1.02. The molecule has 10 aromatic carbocycles. The van der Waals surface area contributed by atoms with Crippen LogP contribution in [0.1, 0.15) is 55.6 Å². The maximum atomic E-state index is 6.09. The summed E-state index contributed by atoms with van der Waals surface area (Å²) >= 11 is 15.0. The lowest BCUT2D eigenvalue weighted by atomic mass is 10.0. The van der Waals surface area contributed by atoms with Crippen LogP contribution in [0.2, 0.25) is 10.0 Å². The number of hydrogen-bond donors (Lipinski definition) is 2. The van der Waals surface area contributed by atoms with E-state index >= 15 is 0 Å². The fraction of sp³-hybridized carbons (Fsp3) is 0.143. The topological polar surface area (TPSA) is 27.3 Å². The van der Waals surface area contributed by atoms with Crippen molar-refractivity contribution in [2.45, 2.75) is 69.2 Å². The van der Waals surface area contributed by atoms with E-state index in [0.717, 1.165) is 48.4 Å². The Labute approximate surface area is 472 Å². The van der Waals surface area contributed by atoms with E-state index < -0.39 is 0 Å². The van der Waals surface area contributed by atoms with Gasteiger partial charge in [-0.1, -0.05) is 171 Å². The predicted molar refractivity (Wildman–Crippen MR) is 337 cm³/mol. The summed E-state index contributed by atoms with van der Waals surface area (Å²) in [6.07, 6.45) is 0. The van der Waals surface area contributed by atoms with Crippen LogP contribution in [-0.2, 0) is 0 Å². The predicted octanol–water partition coefficient (Wildman–Crippen LogP) is 22.2. The van der Waals surface area contributed by atoms with Crippen molar-refractivity contribution >= 4 is 78.9 Å². The Morgan fingerprint density at radius 3 is 1.00 bits per heavy atom. The molecule has 0 aliphatic heterocycles. The lowest BCUT2D eigenvalue weighted by Gasteiger charge is -2.27. The van der Waals surface area contributed by atoms with E-state index in [2.05, 4.69) is 252 Å². The molecular weight excluding hydrogens is 1030 g/mol. The summed E-state index contributed by atoms with van der Waals surface area (Å²) in [5.74, 6) is 0. The van der Waals surface area contributed by atoms with E-state index in [0.29, 0.717) is 0 Å². The third-order valence-corrected chi connectivity index (χ3v) is 12.6. The second-order valence-electron chi connectivity index (χ2n) is 19.4. The summed E-state index contributed by atoms with van der Waals surface area (Å²) in [5, 5.41) is 8.34.